The van der Waals surface area contributed by atoms with Crippen LogP contribution in [-0.4, -0.2) is 46.9 Å². The van der Waals surface area contributed by atoms with E-state index in [0.29, 0.717) is 25.9 Å². The van der Waals surface area contributed by atoms with Gasteiger partial charge < -0.3 is 15.3 Å². The largest absolute Gasteiger partial charge is 0.478 e. The summed E-state index contributed by atoms with van der Waals surface area (Å²) >= 11 is 0. The SMILES string of the molecule is CC(C)C(=O)N1CCC(NC(=O)c2ccccc2C(=O)O)CC1. The van der Waals surface area contributed by atoms with Crippen molar-refractivity contribution in [2.24, 2.45) is 5.92 Å². The fraction of sp³-hybridized carbons (Fsp3) is 0.471. The molecule has 1 aromatic rings. The molecule has 6 heteroatoms. The van der Waals surface area contributed by atoms with Crippen LogP contribution in [0.25, 0.3) is 0 Å². The molecule has 0 aromatic heterocycles. The third-order valence-electron chi connectivity index (χ3n) is 4.04. The van der Waals surface area contributed by atoms with Crippen LogP contribution in [-0.2, 0) is 4.79 Å². The lowest BCUT2D eigenvalue weighted by Gasteiger charge is -2.33. The highest BCUT2D eigenvalue weighted by molar-refractivity contribution is 6.04. The standard InChI is InChI=1S/C17H22N2O4/c1-11(2)16(21)19-9-7-12(8-10-19)18-15(20)13-5-3-4-6-14(13)17(22)23/h3-6,11-12H,7-10H2,1-2H3,(H,18,20)(H,22,23). The first-order valence-corrected chi connectivity index (χ1v) is 7.82. The number of benzene rings is 1. The van der Waals surface area contributed by atoms with E-state index in [9.17, 15) is 14.4 Å². The van der Waals surface area contributed by atoms with E-state index in [1.807, 2.05) is 18.7 Å². The molecule has 1 fully saturated rings. The summed E-state index contributed by atoms with van der Waals surface area (Å²) in [6.45, 7) is 4.98. The van der Waals surface area contributed by atoms with Crippen LogP contribution in [0.1, 0.15) is 47.4 Å². The topological polar surface area (TPSA) is 86.7 Å². The van der Waals surface area contributed by atoms with E-state index >= 15 is 0 Å². The van der Waals surface area contributed by atoms with Gasteiger partial charge in [0, 0.05) is 25.0 Å². The molecule has 23 heavy (non-hydrogen) atoms. The predicted molar refractivity (Wildman–Crippen MR) is 85.3 cm³/mol. The second-order valence-electron chi connectivity index (χ2n) is 6.08. The highest BCUT2D eigenvalue weighted by atomic mass is 16.4. The number of carbonyl (C=O) groups is 3. The number of likely N-dealkylation sites (tertiary alicyclic amines) is 1. The molecule has 1 heterocycles. The summed E-state index contributed by atoms with van der Waals surface area (Å²) < 4.78 is 0. The van der Waals surface area contributed by atoms with Gasteiger partial charge in [-0.3, -0.25) is 9.59 Å². The number of nitrogens with one attached hydrogen (secondary N) is 1. The first-order valence-electron chi connectivity index (χ1n) is 7.82. The Balaban J connectivity index is 1.96. The fourth-order valence-electron chi connectivity index (χ4n) is 2.74. The predicted octanol–water partition coefficient (Wildman–Crippen LogP) is 1.76. The van der Waals surface area contributed by atoms with Crippen molar-refractivity contribution in [3.8, 4) is 0 Å². The van der Waals surface area contributed by atoms with Crippen LogP contribution < -0.4 is 5.32 Å². The fourth-order valence-corrected chi connectivity index (χ4v) is 2.74. The lowest BCUT2D eigenvalue weighted by atomic mass is 10.0. The summed E-state index contributed by atoms with van der Waals surface area (Å²) in [5.41, 5.74) is 0.165. The number of nitrogens with zero attached hydrogens (tertiary/aromatic N) is 1. The molecule has 1 aliphatic heterocycles. The van der Waals surface area contributed by atoms with E-state index in [0.717, 1.165) is 0 Å². The minimum Gasteiger partial charge on any atom is -0.478 e. The monoisotopic (exact) mass is 318 g/mol. The number of piperidine rings is 1. The summed E-state index contributed by atoms with van der Waals surface area (Å²) in [5, 5.41) is 12.0. The maximum Gasteiger partial charge on any atom is 0.336 e. The first kappa shape index (κ1) is 17.0. The maximum atomic E-state index is 12.3. The van der Waals surface area contributed by atoms with E-state index in [-0.39, 0.29) is 34.9 Å². The zero-order valence-corrected chi connectivity index (χ0v) is 13.4. The number of carboxylic acid groups (broad SMARTS) is 1. The Morgan fingerprint density at radius 1 is 1.13 bits per heavy atom. The number of aromatic carboxylic acids is 1. The van der Waals surface area contributed by atoms with Crippen molar-refractivity contribution in [1.29, 1.82) is 0 Å². The molecule has 0 atom stereocenters. The van der Waals surface area contributed by atoms with Gasteiger partial charge in [-0.1, -0.05) is 26.0 Å². The van der Waals surface area contributed by atoms with E-state index < -0.39 is 5.97 Å². The summed E-state index contributed by atoms with van der Waals surface area (Å²) in [5.74, 6) is -1.39. The number of hydrogen-bond acceptors (Lipinski definition) is 3. The van der Waals surface area contributed by atoms with Gasteiger partial charge in [0.15, 0.2) is 0 Å². The van der Waals surface area contributed by atoms with Gasteiger partial charge in [-0.15, -0.1) is 0 Å². The molecule has 0 aliphatic carbocycles. The molecule has 124 valence electrons. The molecule has 0 saturated carbocycles. The average Bonchev–Trinajstić information content (AvgIpc) is 2.54. The van der Waals surface area contributed by atoms with Crippen molar-refractivity contribution in [2.75, 3.05) is 13.1 Å². The minimum atomic E-state index is -1.12. The molecule has 0 radical (unpaired) electrons. The number of hydrogen-bond donors (Lipinski definition) is 2. The molecule has 2 amide bonds. The van der Waals surface area contributed by atoms with Crippen LogP contribution in [0.5, 0.6) is 0 Å². The van der Waals surface area contributed by atoms with Crippen molar-refractivity contribution >= 4 is 17.8 Å². The van der Waals surface area contributed by atoms with Gasteiger partial charge in [0.2, 0.25) is 5.91 Å². The lowest BCUT2D eigenvalue weighted by molar-refractivity contribution is -0.135. The van der Waals surface area contributed by atoms with Crippen LogP contribution in [0.2, 0.25) is 0 Å². The van der Waals surface area contributed by atoms with Gasteiger partial charge in [0.25, 0.3) is 5.91 Å². The number of rotatable bonds is 4. The van der Waals surface area contributed by atoms with Crippen LogP contribution in [0.15, 0.2) is 24.3 Å². The highest BCUT2D eigenvalue weighted by Gasteiger charge is 2.26. The Hall–Kier alpha value is -2.37. The molecule has 0 unspecified atom stereocenters. The molecule has 2 rings (SSSR count). The smallest absolute Gasteiger partial charge is 0.336 e. The van der Waals surface area contributed by atoms with Gasteiger partial charge in [-0.2, -0.15) is 0 Å². The third-order valence-corrected chi connectivity index (χ3v) is 4.04. The van der Waals surface area contributed by atoms with Crippen LogP contribution in [0.4, 0.5) is 0 Å². The molecule has 1 aromatic carbocycles. The Kier molecular flexibility index (Phi) is 5.36. The number of amides is 2. The first-order chi connectivity index (χ1) is 10.9. The Labute approximate surface area is 135 Å². The molecule has 6 nitrogen and oxygen atoms in total. The van der Waals surface area contributed by atoms with Crippen LogP contribution in [0, 0.1) is 5.92 Å². The zero-order valence-electron chi connectivity index (χ0n) is 13.4. The van der Waals surface area contributed by atoms with Crippen molar-refractivity contribution < 1.29 is 19.5 Å². The molecular weight excluding hydrogens is 296 g/mol. The quantitative estimate of drug-likeness (QED) is 0.885. The minimum absolute atomic E-state index is 0.00239. The third kappa shape index (κ3) is 4.09. The van der Waals surface area contributed by atoms with Gasteiger partial charge in [-0.25, -0.2) is 4.79 Å². The highest BCUT2D eigenvalue weighted by Crippen LogP contribution is 2.15. The van der Waals surface area contributed by atoms with Crippen molar-refractivity contribution in [3.63, 3.8) is 0 Å². The van der Waals surface area contributed by atoms with Crippen molar-refractivity contribution in [2.45, 2.75) is 32.7 Å². The maximum absolute atomic E-state index is 12.3. The molecule has 0 bridgehead atoms. The molecule has 1 aliphatic rings. The molecule has 1 saturated heterocycles. The second-order valence-corrected chi connectivity index (χ2v) is 6.08. The molecular formula is C17H22N2O4. The van der Waals surface area contributed by atoms with E-state index in [2.05, 4.69) is 5.32 Å². The molecule has 2 N–H and O–H groups in total. The van der Waals surface area contributed by atoms with Crippen LogP contribution in [0.3, 0.4) is 0 Å². The zero-order chi connectivity index (χ0) is 17.0. The number of carbonyl (C=O) groups excluding carboxylic acids is 2. The van der Waals surface area contributed by atoms with Crippen molar-refractivity contribution in [1.82, 2.24) is 10.2 Å². The van der Waals surface area contributed by atoms with Gasteiger partial charge >= 0.3 is 5.97 Å². The average molecular weight is 318 g/mol. The van der Waals surface area contributed by atoms with Crippen molar-refractivity contribution in [3.05, 3.63) is 35.4 Å². The summed E-state index contributed by atoms with van der Waals surface area (Å²) in [4.78, 5) is 37.2. The van der Waals surface area contributed by atoms with E-state index in [1.165, 1.54) is 12.1 Å². The van der Waals surface area contributed by atoms with Gasteiger partial charge in [-0.05, 0) is 25.0 Å². The Morgan fingerprint density at radius 3 is 2.22 bits per heavy atom. The van der Waals surface area contributed by atoms with Gasteiger partial charge in [0.1, 0.15) is 0 Å². The molecule has 0 spiro atoms. The van der Waals surface area contributed by atoms with Gasteiger partial charge in [0.05, 0.1) is 11.1 Å². The number of carboxylic acids is 1. The van der Waals surface area contributed by atoms with Crippen LogP contribution >= 0.6 is 0 Å². The Morgan fingerprint density at radius 2 is 1.70 bits per heavy atom. The van der Waals surface area contributed by atoms with E-state index in [1.54, 1.807) is 12.1 Å². The summed E-state index contributed by atoms with van der Waals surface area (Å²) in [7, 11) is 0. The second kappa shape index (κ2) is 7.26. The lowest BCUT2D eigenvalue weighted by Crippen LogP contribution is -2.47. The Bertz CT molecular complexity index is 604. The normalized spacial score (nSPS) is 15.5. The summed E-state index contributed by atoms with van der Waals surface area (Å²) in [6.07, 6.45) is 1.36. The van der Waals surface area contributed by atoms with E-state index in [4.69, 9.17) is 5.11 Å². The summed E-state index contributed by atoms with van der Waals surface area (Å²) in [6, 6.07) is 6.12.